The second-order valence-corrected chi connectivity index (χ2v) is 5.86. The molecule has 0 spiro atoms. The average molecular weight is 330 g/mol. The summed E-state index contributed by atoms with van der Waals surface area (Å²) in [6.45, 7) is 0. The minimum absolute atomic E-state index is 0.0840. The van der Waals surface area contributed by atoms with Gasteiger partial charge in [0.25, 0.3) is 0 Å². The predicted molar refractivity (Wildman–Crippen MR) is 92.6 cm³/mol. The maximum absolute atomic E-state index is 12.9. The standard InChI is InChI=1S/C18H13Cl2NO/c1-21-10-13(12-6-3-2-4-7-12)18(22)14(11-21)17-15(19)8-5-9-16(17)20/h2-11H,1H3. The van der Waals surface area contributed by atoms with E-state index in [9.17, 15) is 4.79 Å². The summed E-state index contributed by atoms with van der Waals surface area (Å²) < 4.78 is 1.85. The molecule has 4 heteroatoms. The number of nitrogens with zero attached hydrogens (tertiary/aromatic N) is 1. The van der Waals surface area contributed by atoms with Crippen LogP contribution >= 0.6 is 23.2 Å². The Labute approximate surface area is 138 Å². The lowest BCUT2D eigenvalue weighted by molar-refractivity contribution is 0.904. The van der Waals surface area contributed by atoms with Crippen molar-refractivity contribution in [3.05, 3.63) is 81.2 Å². The Kier molecular flexibility index (Phi) is 4.06. The molecular weight excluding hydrogens is 317 g/mol. The number of hydrogen-bond acceptors (Lipinski definition) is 1. The third kappa shape index (κ3) is 2.68. The molecule has 0 amide bonds. The zero-order valence-corrected chi connectivity index (χ0v) is 13.4. The van der Waals surface area contributed by atoms with E-state index in [4.69, 9.17) is 23.2 Å². The topological polar surface area (TPSA) is 22.0 Å². The van der Waals surface area contributed by atoms with Crippen LogP contribution in [0.25, 0.3) is 22.3 Å². The highest BCUT2D eigenvalue weighted by Gasteiger charge is 2.15. The third-order valence-corrected chi connectivity index (χ3v) is 4.10. The van der Waals surface area contributed by atoms with E-state index in [0.717, 1.165) is 5.56 Å². The molecule has 1 heterocycles. The van der Waals surface area contributed by atoms with Crippen molar-refractivity contribution >= 4 is 23.2 Å². The van der Waals surface area contributed by atoms with Gasteiger partial charge in [0.05, 0.1) is 10.0 Å². The van der Waals surface area contributed by atoms with Gasteiger partial charge in [0, 0.05) is 36.1 Å². The van der Waals surface area contributed by atoms with Crippen LogP contribution in [0.2, 0.25) is 10.0 Å². The normalized spacial score (nSPS) is 10.7. The van der Waals surface area contributed by atoms with E-state index >= 15 is 0 Å². The molecule has 2 nitrogen and oxygen atoms in total. The molecule has 0 bridgehead atoms. The largest absolute Gasteiger partial charge is 0.356 e. The Hall–Kier alpha value is -2.03. The van der Waals surface area contributed by atoms with Crippen LogP contribution in [0.5, 0.6) is 0 Å². The van der Waals surface area contributed by atoms with Crippen molar-refractivity contribution in [2.45, 2.75) is 0 Å². The summed E-state index contributed by atoms with van der Waals surface area (Å²) in [5.74, 6) is 0. The van der Waals surface area contributed by atoms with Gasteiger partial charge in [-0.1, -0.05) is 59.6 Å². The first-order chi connectivity index (χ1) is 10.6. The van der Waals surface area contributed by atoms with E-state index in [1.165, 1.54) is 0 Å². The highest BCUT2D eigenvalue weighted by Crippen LogP contribution is 2.33. The second-order valence-electron chi connectivity index (χ2n) is 5.04. The lowest BCUT2D eigenvalue weighted by atomic mass is 10.0. The summed E-state index contributed by atoms with van der Waals surface area (Å²) in [5.41, 5.74) is 2.48. The maximum Gasteiger partial charge on any atom is 0.197 e. The SMILES string of the molecule is Cn1cc(-c2ccccc2)c(=O)c(-c2c(Cl)cccc2Cl)c1. The molecule has 3 aromatic rings. The molecule has 0 aliphatic carbocycles. The molecule has 0 unspecified atom stereocenters. The second kappa shape index (κ2) is 5.99. The number of aromatic nitrogens is 1. The van der Waals surface area contributed by atoms with E-state index in [1.807, 2.05) is 48.1 Å². The minimum atomic E-state index is -0.0840. The van der Waals surface area contributed by atoms with Crippen LogP contribution < -0.4 is 5.43 Å². The number of halogens is 2. The van der Waals surface area contributed by atoms with Gasteiger partial charge < -0.3 is 4.57 Å². The van der Waals surface area contributed by atoms with Gasteiger partial charge >= 0.3 is 0 Å². The van der Waals surface area contributed by atoms with E-state index in [-0.39, 0.29) is 5.43 Å². The first kappa shape index (κ1) is 14.9. The van der Waals surface area contributed by atoms with Crippen molar-refractivity contribution in [3.8, 4) is 22.3 Å². The fourth-order valence-electron chi connectivity index (χ4n) is 2.46. The monoisotopic (exact) mass is 329 g/mol. The number of pyridine rings is 1. The molecule has 0 aliphatic heterocycles. The molecule has 0 saturated carbocycles. The van der Waals surface area contributed by atoms with Crippen LogP contribution in [0, 0.1) is 0 Å². The summed E-state index contributed by atoms with van der Waals surface area (Å²) in [4.78, 5) is 12.9. The Bertz CT molecular complexity index is 865. The molecule has 3 rings (SSSR count). The lowest BCUT2D eigenvalue weighted by Crippen LogP contribution is -2.12. The van der Waals surface area contributed by atoms with E-state index in [0.29, 0.717) is 26.7 Å². The van der Waals surface area contributed by atoms with E-state index in [2.05, 4.69) is 0 Å². The van der Waals surface area contributed by atoms with E-state index < -0.39 is 0 Å². The maximum atomic E-state index is 12.9. The first-order valence-electron chi connectivity index (χ1n) is 6.78. The van der Waals surface area contributed by atoms with Crippen molar-refractivity contribution in [2.24, 2.45) is 7.05 Å². The molecule has 2 aromatic carbocycles. The van der Waals surface area contributed by atoms with Gasteiger partial charge in [-0.25, -0.2) is 0 Å². The summed E-state index contributed by atoms with van der Waals surface area (Å²) >= 11 is 12.5. The summed E-state index contributed by atoms with van der Waals surface area (Å²) in [6.07, 6.45) is 3.56. The van der Waals surface area contributed by atoms with Crippen molar-refractivity contribution in [2.75, 3.05) is 0 Å². The van der Waals surface area contributed by atoms with Crippen molar-refractivity contribution in [3.63, 3.8) is 0 Å². The zero-order chi connectivity index (χ0) is 15.7. The Morgan fingerprint density at radius 1 is 0.818 bits per heavy atom. The highest BCUT2D eigenvalue weighted by atomic mass is 35.5. The fourth-order valence-corrected chi connectivity index (χ4v) is 3.06. The van der Waals surface area contributed by atoms with Crippen LogP contribution in [0.4, 0.5) is 0 Å². The summed E-state index contributed by atoms with van der Waals surface area (Å²) in [6, 6.07) is 14.8. The van der Waals surface area contributed by atoms with Gasteiger partial charge in [-0.05, 0) is 17.7 Å². The number of benzene rings is 2. The van der Waals surface area contributed by atoms with Gasteiger partial charge in [0.15, 0.2) is 5.43 Å². The van der Waals surface area contributed by atoms with Crippen LogP contribution in [-0.2, 0) is 7.05 Å². The molecule has 1 aromatic heterocycles. The summed E-state index contributed by atoms with van der Waals surface area (Å²) in [5, 5.41) is 0.935. The summed E-state index contributed by atoms with van der Waals surface area (Å²) in [7, 11) is 1.88. The first-order valence-corrected chi connectivity index (χ1v) is 7.53. The molecule has 0 atom stereocenters. The van der Waals surface area contributed by atoms with Crippen molar-refractivity contribution < 1.29 is 0 Å². The predicted octanol–water partition coefficient (Wildman–Crippen LogP) is 5.03. The molecule has 0 radical (unpaired) electrons. The molecular formula is C18H13Cl2NO. The quantitative estimate of drug-likeness (QED) is 0.646. The smallest absolute Gasteiger partial charge is 0.197 e. The number of hydrogen-bond donors (Lipinski definition) is 0. The molecule has 22 heavy (non-hydrogen) atoms. The van der Waals surface area contributed by atoms with Crippen molar-refractivity contribution in [1.82, 2.24) is 4.57 Å². The molecule has 0 saturated heterocycles. The van der Waals surface area contributed by atoms with E-state index in [1.54, 1.807) is 24.4 Å². The number of rotatable bonds is 2. The molecule has 0 fully saturated rings. The van der Waals surface area contributed by atoms with Crippen LogP contribution in [0.15, 0.2) is 65.7 Å². The molecule has 110 valence electrons. The Balaban J connectivity index is 2.32. The lowest BCUT2D eigenvalue weighted by Gasteiger charge is -2.11. The molecule has 0 aliphatic rings. The Morgan fingerprint density at radius 3 is 2.05 bits per heavy atom. The number of aryl methyl sites for hydroxylation is 1. The average Bonchev–Trinajstić information content (AvgIpc) is 2.51. The van der Waals surface area contributed by atoms with Gasteiger partial charge in [-0.15, -0.1) is 0 Å². The van der Waals surface area contributed by atoms with Crippen LogP contribution in [0.1, 0.15) is 0 Å². The molecule has 0 N–H and O–H groups in total. The van der Waals surface area contributed by atoms with Gasteiger partial charge in [0.1, 0.15) is 0 Å². The van der Waals surface area contributed by atoms with Crippen molar-refractivity contribution in [1.29, 1.82) is 0 Å². The highest BCUT2D eigenvalue weighted by molar-refractivity contribution is 6.39. The Morgan fingerprint density at radius 2 is 1.41 bits per heavy atom. The van der Waals surface area contributed by atoms with Gasteiger partial charge in [-0.2, -0.15) is 0 Å². The van der Waals surface area contributed by atoms with Crippen LogP contribution in [-0.4, -0.2) is 4.57 Å². The van der Waals surface area contributed by atoms with Gasteiger partial charge in [-0.3, -0.25) is 4.79 Å². The van der Waals surface area contributed by atoms with Gasteiger partial charge in [0.2, 0.25) is 0 Å². The zero-order valence-electron chi connectivity index (χ0n) is 11.9. The van der Waals surface area contributed by atoms with Crippen LogP contribution in [0.3, 0.4) is 0 Å². The third-order valence-electron chi connectivity index (χ3n) is 3.47. The fraction of sp³-hybridized carbons (Fsp3) is 0.0556. The minimum Gasteiger partial charge on any atom is -0.356 e.